The van der Waals surface area contributed by atoms with Gasteiger partial charge in [-0.25, -0.2) is 0 Å². The van der Waals surface area contributed by atoms with Crippen LogP contribution in [0.3, 0.4) is 0 Å². The molecule has 2 aromatic rings. The number of benzene rings is 1. The second kappa shape index (κ2) is 4.65. The van der Waals surface area contributed by atoms with Crippen molar-refractivity contribution in [2.75, 3.05) is 5.32 Å². The summed E-state index contributed by atoms with van der Waals surface area (Å²) >= 11 is 2.16. The maximum atomic E-state index is 11.7. The van der Waals surface area contributed by atoms with E-state index in [-0.39, 0.29) is 11.7 Å². The quantitative estimate of drug-likeness (QED) is 0.863. The zero-order valence-corrected chi connectivity index (χ0v) is 10.7. The van der Waals surface area contributed by atoms with Gasteiger partial charge in [-0.15, -0.1) is 0 Å². The molecule has 0 saturated carbocycles. The number of amides is 1. The Labute approximate surface area is 106 Å². The third-order valence-corrected chi connectivity index (χ3v) is 2.91. The number of aromatic nitrogens is 1. The van der Waals surface area contributed by atoms with Crippen LogP contribution < -0.4 is 5.32 Å². The van der Waals surface area contributed by atoms with Crippen LogP contribution in [0.4, 0.5) is 5.69 Å². The van der Waals surface area contributed by atoms with Gasteiger partial charge in [-0.1, -0.05) is 17.3 Å². The molecule has 1 N–H and O–H groups in total. The molecule has 0 bridgehead atoms. The van der Waals surface area contributed by atoms with Crippen LogP contribution in [0, 0.1) is 10.5 Å². The summed E-state index contributed by atoms with van der Waals surface area (Å²) in [6.07, 6.45) is 0. The van der Waals surface area contributed by atoms with Crippen molar-refractivity contribution in [2.45, 2.75) is 6.92 Å². The average Bonchev–Trinajstić information content (AvgIpc) is 2.68. The standard InChI is InChI=1S/C11H9IN2O2/c1-7-6-10(16-14-7)11(15)13-9-5-3-2-4-8(9)12/h2-6H,1H3,(H,13,15). The first kappa shape index (κ1) is 11.1. The highest BCUT2D eigenvalue weighted by atomic mass is 127. The van der Waals surface area contributed by atoms with Crippen LogP contribution in [0.2, 0.25) is 0 Å². The SMILES string of the molecule is Cc1cc(C(=O)Nc2ccccc2I)on1. The number of nitrogens with zero attached hydrogens (tertiary/aromatic N) is 1. The molecule has 0 spiro atoms. The summed E-state index contributed by atoms with van der Waals surface area (Å²) in [7, 11) is 0. The minimum Gasteiger partial charge on any atom is -0.351 e. The van der Waals surface area contributed by atoms with E-state index >= 15 is 0 Å². The first-order chi connectivity index (χ1) is 7.66. The van der Waals surface area contributed by atoms with Gasteiger partial charge < -0.3 is 9.84 Å². The lowest BCUT2D eigenvalue weighted by Gasteiger charge is -2.04. The van der Waals surface area contributed by atoms with E-state index in [4.69, 9.17) is 4.52 Å². The van der Waals surface area contributed by atoms with E-state index in [1.807, 2.05) is 24.3 Å². The molecule has 1 aromatic heterocycles. The summed E-state index contributed by atoms with van der Waals surface area (Å²) in [5, 5.41) is 6.42. The Bertz CT molecular complexity index is 522. The Hall–Kier alpha value is -1.37. The van der Waals surface area contributed by atoms with Gasteiger partial charge in [0.1, 0.15) is 0 Å². The van der Waals surface area contributed by atoms with E-state index in [0.717, 1.165) is 9.26 Å². The molecule has 2 rings (SSSR count). The topological polar surface area (TPSA) is 55.1 Å². The lowest BCUT2D eigenvalue weighted by molar-refractivity contribution is 0.0988. The van der Waals surface area contributed by atoms with Crippen LogP contribution >= 0.6 is 22.6 Å². The van der Waals surface area contributed by atoms with Crippen molar-refractivity contribution in [2.24, 2.45) is 0 Å². The fraction of sp³-hybridized carbons (Fsp3) is 0.0909. The Morgan fingerprint density at radius 3 is 2.81 bits per heavy atom. The van der Waals surface area contributed by atoms with Crippen LogP contribution in [0.1, 0.15) is 16.2 Å². The van der Waals surface area contributed by atoms with Crippen molar-refractivity contribution in [3.05, 3.63) is 45.4 Å². The van der Waals surface area contributed by atoms with Gasteiger partial charge in [-0.3, -0.25) is 4.79 Å². The molecule has 1 aromatic carbocycles. The predicted molar refractivity (Wildman–Crippen MR) is 68.4 cm³/mol. The third-order valence-electron chi connectivity index (χ3n) is 1.97. The molecule has 16 heavy (non-hydrogen) atoms. The Balaban J connectivity index is 2.17. The maximum Gasteiger partial charge on any atom is 0.294 e. The molecular formula is C11H9IN2O2. The maximum absolute atomic E-state index is 11.7. The highest BCUT2D eigenvalue weighted by Gasteiger charge is 2.12. The summed E-state index contributed by atoms with van der Waals surface area (Å²) in [6, 6.07) is 9.13. The molecule has 0 aliphatic rings. The molecule has 1 heterocycles. The van der Waals surface area contributed by atoms with Crippen molar-refractivity contribution in [3.8, 4) is 0 Å². The van der Waals surface area contributed by atoms with Crippen LogP contribution in [-0.4, -0.2) is 11.1 Å². The van der Waals surface area contributed by atoms with Crippen molar-refractivity contribution in [3.63, 3.8) is 0 Å². The zero-order valence-electron chi connectivity index (χ0n) is 8.53. The van der Waals surface area contributed by atoms with Gasteiger partial charge in [-0.2, -0.15) is 0 Å². The molecule has 5 heteroatoms. The molecule has 0 fully saturated rings. The number of para-hydroxylation sites is 1. The molecule has 82 valence electrons. The Kier molecular flexibility index (Phi) is 3.23. The number of carbonyl (C=O) groups excluding carboxylic acids is 1. The molecule has 0 saturated heterocycles. The third kappa shape index (κ3) is 2.41. The lowest BCUT2D eigenvalue weighted by Crippen LogP contribution is -2.11. The highest BCUT2D eigenvalue weighted by Crippen LogP contribution is 2.18. The molecule has 1 amide bonds. The van der Waals surface area contributed by atoms with Gasteiger partial charge in [0.15, 0.2) is 0 Å². The van der Waals surface area contributed by atoms with E-state index in [1.165, 1.54) is 0 Å². The zero-order chi connectivity index (χ0) is 11.5. The minimum atomic E-state index is -0.287. The number of nitrogens with one attached hydrogen (secondary N) is 1. The first-order valence-electron chi connectivity index (χ1n) is 4.66. The fourth-order valence-electron chi connectivity index (χ4n) is 1.22. The van der Waals surface area contributed by atoms with Crippen molar-refractivity contribution >= 4 is 34.2 Å². The van der Waals surface area contributed by atoms with Crippen molar-refractivity contribution < 1.29 is 9.32 Å². The number of anilines is 1. The predicted octanol–water partition coefficient (Wildman–Crippen LogP) is 2.84. The fourth-order valence-corrected chi connectivity index (χ4v) is 1.74. The average molecular weight is 328 g/mol. The summed E-state index contributed by atoms with van der Waals surface area (Å²) in [5.41, 5.74) is 1.45. The van der Waals surface area contributed by atoms with Crippen LogP contribution in [0.5, 0.6) is 0 Å². The molecule has 0 radical (unpaired) electrons. The summed E-state index contributed by atoms with van der Waals surface area (Å²) in [5.74, 6) is -0.0677. The largest absolute Gasteiger partial charge is 0.351 e. The smallest absolute Gasteiger partial charge is 0.294 e. The second-order valence-corrected chi connectivity index (χ2v) is 4.43. The number of carbonyl (C=O) groups is 1. The Morgan fingerprint density at radius 2 is 2.19 bits per heavy atom. The van der Waals surface area contributed by atoms with Crippen LogP contribution in [0.25, 0.3) is 0 Å². The summed E-state index contributed by atoms with van der Waals surface area (Å²) in [4.78, 5) is 11.7. The summed E-state index contributed by atoms with van der Waals surface area (Å²) < 4.78 is 5.85. The second-order valence-electron chi connectivity index (χ2n) is 3.27. The van der Waals surface area contributed by atoms with Crippen molar-refractivity contribution in [1.82, 2.24) is 5.16 Å². The first-order valence-corrected chi connectivity index (χ1v) is 5.74. The van der Waals surface area contributed by atoms with E-state index in [2.05, 4.69) is 33.1 Å². The van der Waals surface area contributed by atoms with Crippen LogP contribution in [-0.2, 0) is 0 Å². The Morgan fingerprint density at radius 1 is 1.44 bits per heavy atom. The van der Waals surface area contributed by atoms with E-state index < -0.39 is 0 Å². The van der Waals surface area contributed by atoms with Crippen LogP contribution in [0.15, 0.2) is 34.9 Å². The van der Waals surface area contributed by atoms with E-state index in [0.29, 0.717) is 5.69 Å². The number of hydrogen-bond acceptors (Lipinski definition) is 3. The highest BCUT2D eigenvalue weighted by molar-refractivity contribution is 14.1. The van der Waals surface area contributed by atoms with Crippen molar-refractivity contribution in [1.29, 1.82) is 0 Å². The summed E-state index contributed by atoms with van der Waals surface area (Å²) in [6.45, 7) is 1.77. The molecule has 0 unspecified atom stereocenters. The van der Waals surface area contributed by atoms with E-state index in [9.17, 15) is 4.79 Å². The minimum absolute atomic E-state index is 0.220. The van der Waals surface area contributed by atoms with Gasteiger partial charge in [0.05, 0.1) is 11.4 Å². The van der Waals surface area contributed by atoms with Gasteiger partial charge in [0.2, 0.25) is 5.76 Å². The number of halogens is 1. The monoisotopic (exact) mass is 328 g/mol. The molecule has 4 nitrogen and oxygen atoms in total. The number of aryl methyl sites for hydroxylation is 1. The van der Waals surface area contributed by atoms with Gasteiger partial charge in [-0.05, 0) is 41.6 Å². The number of rotatable bonds is 2. The normalized spacial score (nSPS) is 10.1. The molecule has 0 atom stereocenters. The molecular weight excluding hydrogens is 319 g/mol. The van der Waals surface area contributed by atoms with Gasteiger partial charge in [0.25, 0.3) is 5.91 Å². The number of hydrogen-bond donors (Lipinski definition) is 1. The van der Waals surface area contributed by atoms with Gasteiger partial charge in [0, 0.05) is 9.64 Å². The molecule has 0 aliphatic carbocycles. The van der Waals surface area contributed by atoms with Gasteiger partial charge >= 0.3 is 0 Å². The lowest BCUT2D eigenvalue weighted by atomic mass is 10.3. The van der Waals surface area contributed by atoms with E-state index in [1.54, 1.807) is 13.0 Å². The molecule has 0 aliphatic heterocycles.